The van der Waals surface area contributed by atoms with E-state index in [0.29, 0.717) is 19.6 Å². The van der Waals surface area contributed by atoms with Crippen molar-refractivity contribution >= 4 is 10.1 Å². The van der Waals surface area contributed by atoms with Gasteiger partial charge in [-0.2, -0.15) is 8.42 Å². The van der Waals surface area contributed by atoms with Crippen molar-refractivity contribution in [3.63, 3.8) is 0 Å². The third kappa shape index (κ3) is 8.33. The van der Waals surface area contributed by atoms with Gasteiger partial charge in [0.05, 0.1) is 32.0 Å². The second-order valence-corrected chi connectivity index (χ2v) is 7.26. The normalized spacial score (nSPS) is 19.1. The lowest BCUT2D eigenvalue weighted by Gasteiger charge is -2.36. The number of aliphatic hydroxyl groups is 4. The Kier molecular flexibility index (Phi) is 10.3. The zero-order valence-electron chi connectivity index (χ0n) is 13.4. The summed E-state index contributed by atoms with van der Waals surface area (Å²) in [5, 5.41) is 32.9. The van der Waals surface area contributed by atoms with Crippen molar-refractivity contribution in [2.24, 2.45) is 5.73 Å². The van der Waals surface area contributed by atoms with Gasteiger partial charge in [-0.05, 0) is 6.92 Å². The van der Waals surface area contributed by atoms with Crippen molar-refractivity contribution in [3.8, 4) is 0 Å². The molecule has 7 N–H and O–H groups in total. The molecule has 140 valence electrons. The van der Waals surface area contributed by atoms with E-state index in [0.717, 1.165) is 13.1 Å². The van der Waals surface area contributed by atoms with Crippen LogP contribution in [0.4, 0.5) is 0 Å². The number of aliphatic hydroxyl groups excluding tert-OH is 4. The molecule has 0 aromatic heterocycles. The molecule has 11 heteroatoms. The number of rotatable bonds is 7. The molecule has 0 aromatic carbocycles. The van der Waals surface area contributed by atoms with Crippen molar-refractivity contribution in [3.05, 3.63) is 0 Å². The summed E-state index contributed by atoms with van der Waals surface area (Å²) in [5.41, 5.74) is 3.94. The smallest absolute Gasteiger partial charge is 0.280 e. The first-order valence-electron chi connectivity index (χ1n) is 7.28. The van der Waals surface area contributed by atoms with E-state index in [2.05, 4.69) is 4.90 Å². The standard InChI is InChI=1S/C8H18N2O4S.C4H11NO3/c1-8(15(12,13)14)10-4-2-9(3-5-10)6-7-11;5-4(1-6,2-7)3-8/h8,11H,2-7H2,1H3,(H,12,13,14);6-8H,1-3,5H2. The van der Waals surface area contributed by atoms with Crippen LogP contribution < -0.4 is 5.73 Å². The van der Waals surface area contributed by atoms with Crippen LogP contribution in [0.5, 0.6) is 0 Å². The Morgan fingerprint density at radius 2 is 1.48 bits per heavy atom. The molecule has 1 unspecified atom stereocenters. The quantitative estimate of drug-likeness (QED) is 0.251. The lowest BCUT2D eigenvalue weighted by molar-refractivity contribution is 0.0697. The van der Waals surface area contributed by atoms with E-state index in [1.807, 2.05) is 0 Å². The van der Waals surface area contributed by atoms with Crippen molar-refractivity contribution in [2.75, 3.05) is 59.2 Å². The monoisotopic (exact) mass is 359 g/mol. The van der Waals surface area contributed by atoms with Gasteiger partial charge in [-0.3, -0.25) is 14.4 Å². The molecule has 1 aliphatic heterocycles. The molecule has 0 aliphatic carbocycles. The summed E-state index contributed by atoms with van der Waals surface area (Å²) >= 11 is 0. The van der Waals surface area contributed by atoms with Gasteiger partial charge in [-0.15, -0.1) is 0 Å². The first-order chi connectivity index (χ1) is 10.6. The molecule has 1 heterocycles. The maximum atomic E-state index is 10.9. The largest absolute Gasteiger partial charge is 0.395 e. The van der Waals surface area contributed by atoms with Crippen molar-refractivity contribution in [1.82, 2.24) is 9.80 Å². The van der Waals surface area contributed by atoms with Crippen LogP contribution in [0.25, 0.3) is 0 Å². The minimum absolute atomic E-state index is 0.119. The van der Waals surface area contributed by atoms with Crippen LogP contribution >= 0.6 is 0 Å². The molecule has 0 aromatic rings. The Labute approximate surface area is 136 Å². The van der Waals surface area contributed by atoms with E-state index in [1.165, 1.54) is 6.92 Å². The second kappa shape index (κ2) is 10.5. The number of β-amino-alcohol motifs (C(OH)–C–C–N with tert-alkyl or cyclic N) is 1. The number of hydrogen-bond acceptors (Lipinski definition) is 9. The molecule has 1 aliphatic rings. The summed E-state index contributed by atoms with van der Waals surface area (Å²) in [6.45, 7) is 3.65. The van der Waals surface area contributed by atoms with Gasteiger partial charge in [0.25, 0.3) is 10.1 Å². The van der Waals surface area contributed by atoms with Crippen LogP contribution in [-0.4, -0.2) is 113 Å². The predicted octanol–water partition coefficient (Wildman–Crippen LogP) is -3.51. The van der Waals surface area contributed by atoms with Crippen LogP contribution in [0.1, 0.15) is 6.92 Å². The van der Waals surface area contributed by atoms with Crippen LogP contribution in [0.3, 0.4) is 0 Å². The van der Waals surface area contributed by atoms with Gasteiger partial charge in [0, 0.05) is 32.7 Å². The molecule has 0 bridgehead atoms. The Hall–Kier alpha value is -0.370. The molecule has 1 fully saturated rings. The van der Waals surface area contributed by atoms with E-state index in [4.69, 9.17) is 30.7 Å². The predicted molar refractivity (Wildman–Crippen MR) is 84.3 cm³/mol. The molecular weight excluding hydrogens is 330 g/mol. The molecule has 1 atom stereocenters. The van der Waals surface area contributed by atoms with Crippen molar-refractivity contribution < 1.29 is 33.4 Å². The molecule has 1 saturated heterocycles. The minimum atomic E-state index is -3.97. The lowest BCUT2D eigenvalue weighted by atomic mass is 10.1. The SMILES string of the molecule is CC(N1CCN(CCO)CC1)S(=O)(=O)O.NC(CO)(CO)CO. The maximum absolute atomic E-state index is 10.9. The van der Waals surface area contributed by atoms with Gasteiger partial charge >= 0.3 is 0 Å². The summed E-state index contributed by atoms with van der Waals surface area (Å²) in [6.07, 6.45) is 0. The van der Waals surface area contributed by atoms with Crippen molar-refractivity contribution in [2.45, 2.75) is 17.8 Å². The maximum Gasteiger partial charge on any atom is 0.280 e. The second-order valence-electron chi connectivity index (χ2n) is 5.55. The fraction of sp³-hybridized carbons (Fsp3) is 1.00. The molecule has 0 saturated carbocycles. The highest BCUT2D eigenvalue weighted by Crippen LogP contribution is 2.09. The number of nitrogens with zero attached hydrogens (tertiary/aromatic N) is 2. The van der Waals surface area contributed by atoms with Gasteiger partial charge in [-0.1, -0.05) is 0 Å². The van der Waals surface area contributed by atoms with Gasteiger partial charge in [0.2, 0.25) is 0 Å². The van der Waals surface area contributed by atoms with Crippen molar-refractivity contribution in [1.29, 1.82) is 0 Å². The zero-order valence-corrected chi connectivity index (χ0v) is 14.2. The van der Waals surface area contributed by atoms with E-state index in [-0.39, 0.29) is 6.61 Å². The van der Waals surface area contributed by atoms with E-state index < -0.39 is 40.9 Å². The third-order valence-corrected chi connectivity index (χ3v) is 4.87. The van der Waals surface area contributed by atoms with Gasteiger partial charge in [0.15, 0.2) is 0 Å². The number of piperazine rings is 1. The summed E-state index contributed by atoms with van der Waals surface area (Å²) in [7, 11) is -3.97. The Morgan fingerprint density at radius 3 is 1.74 bits per heavy atom. The number of nitrogens with two attached hydrogens (primary N) is 1. The van der Waals surface area contributed by atoms with Gasteiger partial charge in [0.1, 0.15) is 5.37 Å². The summed E-state index contributed by atoms with van der Waals surface area (Å²) in [6, 6.07) is 0. The van der Waals surface area contributed by atoms with Crippen LogP contribution in [-0.2, 0) is 10.1 Å². The highest BCUT2D eigenvalue weighted by molar-refractivity contribution is 7.86. The van der Waals surface area contributed by atoms with Crippen LogP contribution in [0.15, 0.2) is 0 Å². The summed E-state index contributed by atoms with van der Waals surface area (Å²) in [4.78, 5) is 3.79. The average molecular weight is 359 g/mol. The fourth-order valence-corrected chi connectivity index (χ4v) is 2.42. The van der Waals surface area contributed by atoms with Crippen LogP contribution in [0, 0.1) is 0 Å². The Balaban J connectivity index is 0.000000515. The van der Waals surface area contributed by atoms with E-state index >= 15 is 0 Å². The topological polar surface area (TPSA) is 168 Å². The average Bonchev–Trinajstić information content (AvgIpc) is 2.54. The molecule has 0 radical (unpaired) electrons. The minimum Gasteiger partial charge on any atom is -0.395 e. The fourth-order valence-electron chi connectivity index (χ4n) is 1.83. The van der Waals surface area contributed by atoms with E-state index in [9.17, 15) is 8.42 Å². The lowest BCUT2D eigenvalue weighted by Crippen LogP contribution is -2.51. The van der Waals surface area contributed by atoms with Gasteiger partial charge in [-0.25, -0.2) is 0 Å². The van der Waals surface area contributed by atoms with Crippen LogP contribution in [0.2, 0.25) is 0 Å². The molecule has 10 nitrogen and oxygen atoms in total. The molecule has 23 heavy (non-hydrogen) atoms. The highest BCUT2D eigenvalue weighted by atomic mass is 32.2. The molecule has 1 rings (SSSR count). The Morgan fingerprint density at radius 1 is 1.04 bits per heavy atom. The first kappa shape index (κ1) is 22.6. The Bertz CT molecular complexity index is 401. The summed E-state index contributed by atoms with van der Waals surface area (Å²) < 4.78 is 30.7. The zero-order chi connectivity index (χ0) is 18.1. The molecule has 0 spiro atoms. The first-order valence-corrected chi connectivity index (χ1v) is 8.79. The highest BCUT2D eigenvalue weighted by Gasteiger charge is 2.28. The van der Waals surface area contributed by atoms with E-state index in [1.54, 1.807) is 4.90 Å². The number of hydrogen-bond donors (Lipinski definition) is 6. The van der Waals surface area contributed by atoms with Gasteiger partial charge < -0.3 is 26.2 Å². The summed E-state index contributed by atoms with van der Waals surface area (Å²) in [5.74, 6) is 0. The molecule has 0 amide bonds. The third-order valence-electron chi connectivity index (χ3n) is 3.71. The molecular formula is C12H29N3O7S.